The molecule has 0 radical (unpaired) electrons. The Labute approximate surface area is 546 Å². The van der Waals surface area contributed by atoms with Gasteiger partial charge in [0.25, 0.3) is 0 Å². The van der Waals surface area contributed by atoms with Crippen LogP contribution in [0.15, 0.2) is 158 Å². The van der Waals surface area contributed by atoms with Crippen LogP contribution < -0.4 is 5.11 Å². The van der Waals surface area contributed by atoms with E-state index in [2.05, 4.69) is 172 Å². The van der Waals surface area contributed by atoms with Gasteiger partial charge in [0.05, 0.1) is 40.3 Å². The Balaban J connectivity index is 4.19. The summed E-state index contributed by atoms with van der Waals surface area (Å²) in [6.45, 7) is 4.61. The van der Waals surface area contributed by atoms with Gasteiger partial charge in [-0.05, 0) is 128 Å². The van der Waals surface area contributed by atoms with E-state index in [4.69, 9.17) is 18.9 Å². The van der Waals surface area contributed by atoms with Crippen LogP contribution in [0.2, 0.25) is 0 Å². The van der Waals surface area contributed by atoms with Crippen LogP contribution in [0.5, 0.6) is 0 Å². The summed E-state index contributed by atoms with van der Waals surface area (Å²) < 4.78 is 22.8. The number of hydrogen-bond acceptors (Lipinski definition) is 8. The van der Waals surface area contributed by atoms with Crippen LogP contribution in [-0.4, -0.2) is 82.3 Å². The number of aliphatic carboxylic acids is 1. The first-order valence-electron chi connectivity index (χ1n) is 35.6. The van der Waals surface area contributed by atoms with Crippen molar-refractivity contribution in [1.82, 2.24) is 0 Å². The number of carbonyl (C=O) groups is 3. The summed E-state index contributed by atoms with van der Waals surface area (Å²) in [7, 11) is 5.92. The molecule has 0 aromatic rings. The van der Waals surface area contributed by atoms with Crippen LogP contribution in [0.4, 0.5) is 0 Å². The molecule has 0 heterocycles. The van der Waals surface area contributed by atoms with Crippen LogP contribution in [0.3, 0.4) is 0 Å². The highest BCUT2D eigenvalue weighted by molar-refractivity contribution is 5.70. The Bertz CT molecular complexity index is 2020. The topological polar surface area (TPSA) is 111 Å². The lowest BCUT2D eigenvalue weighted by Crippen LogP contribution is -2.44. The molecule has 0 aromatic heterocycles. The summed E-state index contributed by atoms with van der Waals surface area (Å²) in [6, 6.07) is 0. The molecule has 0 amide bonds. The molecule has 0 aliphatic rings. The molecule has 0 bridgehead atoms. The van der Waals surface area contributed by atoms with Gasteiger partial charge in [-0.25, -0.2) is 0 Å². The van der Waals surface area contributed by atoms with E-state index in [1.54, 1.807) is 0 Å². The fraction of sp³-hybridized carbons (Fsp3) is 0.637. The monoisotopic (exact) mass is 1230 g/mol. The lowest BCUT2D eigenvalue weighted by molar-refractivity contribution is -0.870. The molecule has 0 aromatic carbocycles. The number of likely N-dealkylation sites (N-methyl/N-ethyl adjacent to an activating group) is 1. The third kappa shape index (κ3) is 70.2. The maximum absolute atomic E-state index is 12.9. The Kier molecular flexibility index (Phi) is 64.9. The van der Waals surface area contributed by atoms with E-state index in [-0.39, 0.29) is 38.6 Å². The van der Waals surface area contributed by atoms with Gasteiger partial charge in [-0.1, -0.05) is 287 Å². The van der Waals surface area contributed by atoms with Crippen molar-refractivity contribution < 1.29 is 42.9 Å². The van der Waals surface area contributed by atoms with Crippen molar-refractivity contribution in [3.63, 3.8) is 0 Å². The lowest BCUT2D eigenvalue weighted by Gasteiger charge is -2.26. The van der Waals surface area contributed by atoms with Gasteiger partial charge in [0.15, 0.2) is 12.4 Å². The van der Waals surface area contributed by atoms with Crippen molar-refractivity contribution in [1.29, 1.82) is 0 Å². The van der Waals surface area contributed by atoms with E-state index in [0.717, 1.165) is 122 Å². The molecule has 0 saturated heterocycles. The zero-order valence-electron chi connectivity index (χ0n) is 57.5. The summed E-state index contributed by atoms with van der Waals surface area (Å²) >= 11 is 0. The molecule has 0 aliphatic carbocycles. The van der Waals surface area contributed by atoms with Crippen molar-refractivity contribution in [2.45, 2.75) is 283 Å². The number of allylic oxidation sites excluding steroid dienone is 26. The van der Waals surface area contributed by atoms with E-state index in [1.807, 2.05) is 21.1 Å². The van der Waals surface area contributed by atoms with Gasteiger partial charge in [0.2, 0.25) is 0 Å². The molecule has 0 fully saturated rings. The summed E-state index contributed by atoms with van der Waals surface area (Å²) in [5.41, 5.74) is 0. The molecule has 89 heavy (non-hydrogen) atoms. The Morgan fingerprint density at radius 3 is 0.955 bits per heavy atom. The first kappa shape index (κ1) is 83.9. The van der Waals surface area contributed by atoms with E-state index >= 15 is 0 Å². The highest BCUT2D eigenvalue weighted by atomic mass is 16.7. The van der Waals surface area contributed by atoms with Gasteiger partial charge < -0.3 is 33.3 Å². The van der Waals surface area contributed by atoms with E-state index < -0.39 is 24.3 Å². The van der Waals surface area contributed by atoms with Gasteiger partial charge in [-0.15, -0.1) is 0 Å². The largest absolute Gasteiger partial charge is 0.545 e. The number of rotatable bonds is 64. The maximum atomic E-state index is 12.9. The minimum atomic E-state index is -1.64. The molecule has 9 nitrogen and oxygen atoms in total. The first-order chi connectivity index (χ1) is 43.6. The Morgan fingerprint density at radius 1 is 0.348 bits per heavy atom. The third-order valence-electron chi connectivity index (χ3n) is 14.8. The number of ether oxygens (including phenoxy) is 4. The van der Waals surface area contributed by atoms with Crippen molar-refractivity contribution in [2.75, 3.05) is 47.5 Å². The van der Waals surface area contributed by atoms with Gasteiger partial charge in [-0.3, -0.25) is 9.59 Å². The van der Waals surface area contributed by atoms with Crippen LogP contribution in [0.1, 0.15) is 271 Å². The first-order valence-corrected chi connectivity index (χ1v) is 35.6. The highest BCUT2D eigenvalue weighted by Crippen LogP contribution is 2.16. The molecule has 0 rings (SSSR count). The van der Waals surface area contributed by atoms with Gasteiger partial charge in [0.1, 0.15) is 13.2 Å². The predicted molar refractivity (Wildman–Crippen MR) is 379 cm³/mol. The predicted octanol–water partition coefficient (Wildman–Crippen LogP) is 21.1. The molecule has 0 spiro atoms. The number of esters is 2. The van der Waals surface area contributed by atoms with Crippen LogP contribution in [0, 0.1) is 0 Å². The van der Waals surface area contributed by atoms with Crippen molar-refractivity contribution in [3.05, 3.63) is 158 Å². The molecule has 504 valence electrons. The third-order valence-corrected chi connectivity index (χ3v) is 14.8. The fourth-order valence-electron chi connectivity index (χ4n) is 9.34. The molecule has 0 N–H and O–H groups in total. The Morgan fingerprint density at radius 2 is 0.640 bits per heavy atom. The van der Waals surface area contributed by atoms with Gasteiger partial charge >= 0.3 is 11.9 Å². The number of nitrogens with zero attached hydrogens (tertiary/aromatic N) is 1. The minimum absolute atomic E-state index is 0.138. The molecule has 9 heteroatoms. The maximum Gasteiger partial charge on any atom is 0.306 e. The normalized spacial score (nSPS) is 13.7. The zero-order chi connectivity index (χ0) is 64.7. The second kappa shape index (κ2) is 68.8. The standard InChI is InChI=1S/C80H131NO8/c1-6-8-10-12-14-16-18-20-22-24-26-28-30-31-32-33-34-35-36-37-38-39-40-41-42-43-44-45-46-47-49-51-53-55-57-59-61-63-65-67-69-71-78(83)89-76(75-88-80(79(84)85)86-73-72-81(3,4)5)74-87-77(82)70-68-66-64-62-60-58-56-54-52-50-48-29-27-25-23-21-19-17-15-13-11-9-7-2/h8,10,14,16,19-22,25-28,31-32,34-35,37-38,40-41,43-44,46-47,51,53,76,80H,6-7,9,11-13,15,17-18,23-24,29-30,33,36,39,42,45,48-50,52,54-75H2,1-5H3/b10-8-,16-14-,21-19-,22-20-,27-25-,28-26-,32-31-,35-34-,38-37-,41-40-,44-43-,47-46-,53-51-. The second-order valence-corrected chi connectivity index (χ2v) is 24.4. The van der Waals surface area contributed by atoms with Gasteiger partial charge in [0, 0.05) is 12.8 Å². The summed E-state index contributed by atoms with van der Waals surface area (Å²) in [5.74, 6) is -2.31. The number of quaternary nitrogens is 1. The van der Waals surface area contributed by atoms with Crippen molar-refractivity contribution >= 4 is 17.9 Å². The molecule has 0 saturated carbocycles. The highest BCUT2D eigenvalue weighted by Gasteiger charge is 2.22. The SMILES string of the molecule is CC/C=C\C/C=C\C/C=C\C/C=C\C/C=C\C/C=C\C/C=C\C/C=C\C/C=C\C/C=C\C/C=C\CCCCCCCCCC(=O)OC(COC(=O)CCCCCCCCCCCCC/C=C\C/C=C\CCCCCCC)COC(OCC[N+](C)(C)C)C(=O)[O-]. The molecule has 0 aliphatic heterocycles. The molecular formula is C80H131NO8. The molecule has 2 unspecified atom stereocenters. The van der Waals surface area contributed by atoms with E-state index in [1.165, 1.54) is 116 Å². The van der Waals surface area contributed by atoms with Crippen LogP contribution in [0.25, 0.3) is 0 Å². The van der Waals surface area contributed by atoms with Gasteiger partial charge in [-0.2, -0.15) is 0 Å². The summed E-state index contributed by atoms with van der Waals surface area (Å²) in [5, 5.41) is 11.8. The minimum Gasteiger partial charge on any atom is -0.545 e. The number of carboxylic acids is 1. The van der Waals surface area contributed by atoms with E-state index in [9.17, 15) is 19.5 Å². The number of carbonyl (C=O) groups excluding carboxylic acids is 3. The Hall–Kier alpha value is -5.09. The smallest absolute Gasteiger partial charge is 0.306 e. The average Bonchev–Trinajstić information content (AvgIpc) is 3.64. The second-order valence-electron chi connectivity index (χ2n) is 24.4. The van der Waals surface area contributed by atoms with Crippen LogP contribution in [-0.2, 0) is 33.3 Å². The number of unbranched alkanes of at least 4 members (excludes halogenated alkanes) is 23. The van der Waals surface area contributed by atoms with Crippen molar-refractivity contribution in [3.8, 4) is 0 Å². The zero-order valence-corrected chi connectivity index (χ0v) is 57.5. The number of carboxylic acid groups (broad SMARTS) is 1. The summed E-state index contributed by atoms with van der Waals surface area (Å²) in [4.78, 5) is 37.5. The number of hydrogen-bond donors (Lipinski definition) is 0. The molecule has 2 atom stereocenters. The van der Waals surface area contributed by atoms with Crippen molar-refractivity contribution in [2.24, 2.45) is 0 Å². The van der Waals surface area contributed by atoms with E-state index in [0.29, 0.717) is 17.4 Å². The quantitative estimate of drug-likeness (QED) is 0.0195. The van der Waals surface area contributed by atoms with Crippen LogP contribution >= 0.6 is 0 Å². The average molecular weight is 1230 g/mol. The molecular weight excluding hydrogens is 1100 g/mol. The lowest BCUT2D eigenvalue weighted by atomic mass is 10.0. The fourth-order valence-corrected chi connectivity index (χ4v) is 9.34. The summed E-state index contributed by atoms with van der Waals surface area (Å²) in [6.07, 6.45) is 98.9.